The van der Waals surface area contributed by atoms with E-state index in [0.717, 1.165) is 0 Å². The molecule has 0 atom stereocenters. The fourth-order valence-electron chi connectivity index (χ4n) is 1.83. The number of carbonyl (C=O) groups excluding carboxylic acids is 1. The summed E-state index contributed by atoms with van der Waals surface area (Å²) >= 11 is 5.92. The highest BCUT2D eigenvalue weighted by Gasteiger charge is 2.11. The maximum Gasteiger partial charge on any atom is 0.335 e. The Labute approximate surface area is 137 Å². The van der Waals surface area contributed by atoms with Crippen molar-refractivity contribution < 1.29 is 24.2 Å². The minimum absolute atomic E-state index is 0.0424. The molecule has 0 radical (unpaired) electrons. The molecule has 6 nitrogen and oxygen atoms in total. The predicted octanol–water partition coefficient (Wildman–Crippen LogP) is 3.06. The summed E-state index contributed by atoms with van der Waals surface area (Å²) in [5.74, 6) is -0.725. The Morgan fingerprint density at radius 3 is 2.57 bits per heavy atom. The van der Waals surface area contributed by atoms with E-state index in [9.17, 15) is 9.59 Å². The number of carbonyl (C=O) groups is 2. The third kappa shape index (κ3) is 4.37. The third-order valence-electron chi connectivity index (χ3n) is 2.92. The number of halogens is 1. The fraction of sp³-hybridized carbons (Fsp3) is 0.125. The molecule has 2 rings (SSSR count). The summed E-state index contributed by atoms with van der Waals surface area (Å²) in [6.07, 6.45) is 0. The van der Waals surface area contributed by atoms with Crippen LogP contribution in [0.1, 0.15) is 10.4 Å². The summed E-state index contributed by atoms with van der Waals surface area (Å²) < 4.78 is 10.4. The Kier molecular flexibility index (Phi) is 5.43. The normalized spacial score (nSPS) is 10.0. The summed E-state index contributed by atoms with van der Waals surface area (Å²) in [5.41, 5.74) is 0.566. The van der Waals surface area contributed by atoms with Crippen molar-refractivity contribution in [1.29, 1.82) is 0 Å². The van der Waals surface area contributed by atoms with Gasteiger partial charge < -0.3 is 19.9 Å². The number of hydrogen-bond acceptors (Lipinski definition) is 4. The molecule has 1 amide bonds. The van der Waals surface area contributed by atoms with Crippen LogP contribution in [0, 0.1) is 0 Å². The lowest BCUT2D eigenvalue weighted by atomic mass is 10.2. The first-order valence-electron chi connectivity index (χ1n) is 6.59. The average molecular weight is 336 g/mol. The molecule has 0 heterocycles. The van der Waals surface area contributed by atoms with E-state index in [1.165, 1.54) is 25.3 Å². The molecular weight excluding hydrogens is 322 g/mol. The van der Waals surface area contributed by atoms with E-state index in [1.807, 2.05) is 0 Å². The molecule has 0 aliphatic heterocycles. The molecule has 120 valence electrons. The second kappa shape index (κ2) is 7.51. The predicted molar refractivity (Wildman–Crippen MR) is 85.5 cm³/mol. The maximum atomic E-state index is 11.9. The van der Waals surface area contributed by atoms with E-state index in [-0.39, 0.29) is 22.9 Å². The highest BCUT2D eigenvalue weighted by Crippen LogP contribution is 2.26. The first kappa shape index (κ1) is 16.6. The number of amides is 1. The Hall–Kier alpha value is -2.73. The van der Waals surface area contributed by atoms with Gasteiger partial charge >= 0.3 is 5.97 Å². The third-order valence-corrected chi connectivity index (χ3v) is 3.21. The van der Waals surface area contributed by atoms with Gasteiger partial charge in [-0.05, 0) is 30.3 Å². The van der Waals surface area contributed by atoms with Crippen LogP contribution in [-0.2, 0) is 4.79 Å². The van der Waals surface area contributed by atoms with Crippen LogP contribution >= 0.6 is 11.6 Å². The van der Waals surface area contributed by atoms with Gasteiger partial charge in [0.05, 0.1) is 23.4 Å². The van der Waals surface area contributed by atoms with Crippen LogP contribution in [0.3, 0.4) is 0 Å². The van der Waals surface area contributed by atoms with Gasteiger partial charge in [0.2, 0.25) is 0 Å². The summed E-state index contributed by atoms with van der Waals surface area (Å²) in [7, 11) is 1.51. The molecule has 0 aliphatic rings. The quantitative estimate of drug-likeness (QED) is 0.847. The first-order chi connectivity index (χ1) is 11.0. The molecule has 7 heteroatoms. The van der Waals surface area contributed by atoms with Crippen molar-refractivity contribution >= 4 is 29.2 Å². The largest absolute Gasteiger partial charge is 0.495 e. The zero-order chi connectivity index (χ0) is 16.8. The van der Waals surface area contributed by atoms with E-state index in [2.05, 4.69) is 5.32 Å². The number of carboxylic acid groups (broad SMARTS) is 1. The van der Waals surface area contributed by atoms with E-state index in [1.54, 1.807) is 24.3 Å². The van der Waals surface area contributed by atoms with Gasteiger partial charge in [-0.15, -0.1) is 0 Å². The van der Waals surface area contributed by atoms with Crippen molar-refractivity contribution in [2.45, 2.75) is 0 Å². The summed E-state index contributed by atoms with van der Waals surface area (Å²) in [6, 6.07) is 11.0. The Morgan fingerprint density at radius 2 is 1.91 bits per heavy atom. The average Bonchev–Trinajstić information content (AvgIpc) is 2.54. The van der Waals surface area contributed by atoms with Crippen molar-refractivity contribution in [2.24, 2.45) is 0 Å². The molecule has 23 heavy (non-hydrogen) atoms. The van der Waals surface area contributed by atoms with E-state index < -0.39 is 11.9 Å². The van der Waals surface area contributed by atoms with Crippen molar-refractivity contribution in [3.63, 3.8) is 0 Å². The van der Waals surface area contributed by atoms with Crippen molar-refractivity contribution in [2.75, 3.05) is 19.0 Å². The number of para-hydroxylation sites is 2. The number of carboxylic acids is 1. The molecule has 2 N–H and O–H groups in total. The summed E-state index contributed by atoms with van der Waals surface area (Å²) in [6.45, 7) is -0.274. The van der Waals surface area contributed by atoms with Crippen LogP contribution in [-0.4, -0.2) is 30.7 Å². The van der Waals surface area contributed by atoms with Crippen molar-refractivity contribution in [3.8, 4) is 11.5 Å². The van der Waals surface area contributed by atoms with Gasteiger partial charge in [-0.2, -0.15) is 0 Å². The molecule has 2 aromatic carbocycles. The molecule has 0 spiro atoms. The number of rotatable bonds is 6. The van der Waals surface area contributed by atoms with Gasteiger partial charge in [-0.3, -0.25) is 4.79 Å². The van der Waals surface area contributed by atoms with Crippen LogP contribution in [0.15, 0.2) is 42.5 Å². The van der Waals surface area contributed by atoms with Crippen molar-refractivity contribution in [1.82, 2.24) is 0 Å². The van der Waals surface area contributed by atoms with Gasteiger partial charge in [-0.1, -0.05) is 23.7 Å². The van der Waals surface area contributed by atoms with Crippen LogP contribution < -0.4 is 14.8 Å². The fourth-order valence-corrected chi connectivity index (χ4v) is 2.06. The standard InChI is InChI=1S/C16H14ClNO5/c1-22-14-5-3-2-4-12(14)18-15(19)9-23-13-7-6-10(16(20)21)8-11(13)17/h2-8H,9H2,1H3,(H,18,19)(H,20,21). The monoisotopic (exact) mass is 335 g/mol. The number of ether oxygens (including phenoxy) is 2. The molecule has 0 saturated heterocycles. The van der Waals surface area contributed by atoms with E-state index in [0.29, 0.717) is 11.4 Å². The highest BCUT2D eigenvalue weighted by atomic mass is 35.5. The number of methoxy groups -OCH3 is 1. The smallest absolute Gasteiger partial charge is 0.335 e. The molecular formula is C16H14ClNO5. The topological polar surface area (TPSA) is 84.9 Å². The molecule has 0 unspecified atom stereocenters. The van der Waals surface area contributed by atoms with Gasteiger partial charge in [0, 0.05) is 0 Å². The zero-order valence-electron chi connectivity index (χ0n) is 12.2. The number of aromatic carboxylic acids is 1. The Balaban J connectivity index is 1.98. The second-order valence-electron chi connectivity index (χ2n) is 4.49. The molecule has 2 aromatic rings. The first-order valence-corrected chi connectivity index (χ1v) is 6.97. The van der Waals surface area contributed by atoms with Crippen LogP contribution in [0.4, 0.5) is 5.69 Å². The molecule has 0 fully saturated rings. The number of nitrogens with one attached hydrogen (secondary N) is 1. The molecule has 0 bridgehead atoms. The van der Waals surface area contributed by atoms with Gasteiger partial charge in [-0.25, -0.2) is 4.79 Å². The lowest BCUT2D eigenvalue weighted by Gasteiger charge is -2.11. The van der Waals surface area contributed by atoms with Crippen LogP contribution in [0.5, 0.6) is 11.5 Å². The molecule has 0 aromatic heterocycles. The highest BCUT2D eigenvalue weighted by molar-refractivity contribution is 6.32. The lowest BCUT2D eigenvalue weighted by Crippen LogP contribution is -2.20. The summed E-state index contributed by atoms with van der Waals surface area (Å²) in [5, 5.41) is 11.6. The zero-order valence-corrected chi connectivity index (χ0v) is 13.0. The lowest BCUT2D eigenvalue weighted by molar-refractivity contribution is -0.118. The number of anilines is 1. The number of hydrogen-bond donors (Lipinski definition) is 2. The summed E-state index contributed by atoms with van der Waals surface area (Å²) in [4.78, 5) is 22.7. The number of benzene rings is 2. The molecule has 0 aliphatic carbocycles. The Morgan fingerprint density at radius 1 is 1.17 bits per heavy atom. The van der Waals surface area contributed by atoms with Crippen molar-refractivity contribution in [3.05, 3.63) is 53.1 Å². The van der Waals surface area contributed by atoms with Gasteiger partial charge in [0.1, 0.15) is 11.5 Å². The minimum Gasteiger partial charge on any atom is -0.495 e. The van der Waals surface area contributed by atoms with Crippen LogP contribution in [0.2, 0.25) is 5.02 Å². The van der Waals surface area contributed by atoms with Gasteiger partial charge in [0.25, 0.3) is 5.91 Å². The van der Waals surface area contributed by atoms with E-state index >= 15 is 0 Å². The SMILES string of the molecule is COc1ccccc1NC(=O)COc1ccc(C(=O)O)cc1Cl. The van der Waals surface area contributed by atoms with Gasteiger partial charge in [0.15, 0.2) is 6.61 Å². The maximum absolute atomic E-state index is 11.9. The van der Waals surface area contributed by atoms with E-state index in [4.69, 9.17) is 26.2 Å². The minimum atomic E-state index is -1.09. The second-order valence-corrected chi connectivity index (χ2v) is 4.89. The Bertz CT molecular complexity index is 732. The molecule has 0 saturated carbocycles. The van der Waals surface area contributed by atoms with Crippen LogP contribution in [0.25, 0.3) is 0 Å².